The van der Waals surface area contributed by atoms with E-state index in [4.69, 9.17) is 5.11 Å². The molecular weight excluding hydrogens is 293 g/mol. The van der Waals surface area contributed by atoms with E-state index in [-0.39, 0.29) is 17.5 Å². The summed E-state index contributed by atoms with van der Waals surface area (Å²) in [6, 6.07) is 3.61. The van der Waals surface area contributed by atoms with Crippen LogP contribution >= 0.6 is 0 Å². The molecule has 1 aromatic rings. The third-order valence-electron chi connectivity index (χ3n) is 4.26. The van der Waals surface area contributed by atoms with Crippen molar-refractivity contribution >= 4 is 10.0 Å². The Hall–Kier alpha value is -0.980. The molecule has 6 heteroatoms. The molecule has 21 heavy (non-hydrogen) atoms. The smallest absolute Gasteiger partial charge is 0.245 e. The lowest BCUT2D eigenvalue weighted by Crippen LogP contribution is -2.40. The lowest BCUT2D eigenvalue weighted by Gasteiger charge is -2.33. The summed E-state index contributed by atoms with van der Waals surface area (Å²) >= 11 is 0. The molecule has 1 fully saturated rings. The fourth-order valence-corrected chi connectivity index (χ4v) is 4.44. The number of nitrogens with zero attached hydrogens (tertiary/aromatic N) is 1. The van der Waals surface area contributed by atoms with E-state index in [1.165, 1.54) is 23.5 Å². The third kappa shape index (κ3) is 3.44. The molecule has 1 aliphatic rings. The number of hydrogen-bond acceptors (Lipinski definition) is 3. The quantitative estimate of drug-likeness (QED) is 0.929. The zero-order valence-corrected chi connectivity index (χ0v) is 13.2. The number of benzene rings is 1. The summed E-state index contributed by atoms with van der Waals surface area (Å²) in [5, 5.41) is 9.11. The van der Waals surface area contributed by atoms with Gasteiger partial charge >= 0.3 is 0 Å². The largest absolute Gasteiger partial charge is 0.392 e. The second kappa shape index (κ2) is 6.42. The SMILES string of the molecule is CC1CCCC(N(C)S(=O)(=O)c2cc(CO)ccc2F)C1. The molecule has 0 bridgehead atoms. The first-order valence-corrected chi connectivity index (χ1v) is 8.67. The van der Waals surface area contributed by atoms with Gasteiger partial charge < -0.3 is 5.11 Å². The van der Waals surface area contributed by atoms with Gasteiger partial charge in [-0.15, -0.1) is 0 Å². The maximum Gasteiger partial charge on any atom is 0.245 e. The van der Waals surface area contributed by atoms with Crippen molar-refractivity contribution in [1.82, 2.24) is 4.31 Å². The molecule has 0 spiro atoms. The summed E-state index contributed by atoms with van der Waals surface area (Å²) in [5.41, 5.74) is 0.389. The van der Waals surface area contributed by atoms with Crippen LogP contribution in [-0.2, 0) is 16.6 Å². The second-order valence-corrected chi connectivity index (χ2v) is 7.84. The molecule has 2 unspecified atom stereocenters. The highest BCUT2D eigenvalue weighted by molar-refractivity contribution is 7.89. The molecule has 0 aromatic heterocycles. The molecule has 0 radical (unpaired) electrons. The minimum Gasteiger partial charge on any atom is -0.392 e. The fraction of sp³-hybridized carbons (Fsp3) is 0.600. The molecule has 1 aliphatic carbocycles. The van der Waals surface area contributed by atoms with Crippen molar-refractivity contribution in [2.75, 3.05) is 7.05 Å². The van der Waals surface area contributed by atoms with Gasteiger partial charge in [-0.1, -0.05) is 25.8 Å². The first kappa shape index (κ1) is 16.4. The Bertz CT molecular complexity index is 603. The van der Waals surface area contributed by atoms with Crippen LogP contribution in [0.1, 0.15) is 38.2 Å². The zero-order valence-electron chi connectivity index (χ0n) is 12.4. The minimum atomic E-state index is -3.88. The van der Waals surface area contributed by atoms with Gasteiger partial charge in [0.15, 0.2) is 0 Å². The molecule has 4 nitrogen and oxygen atoms in total. The van der Waals surface area contributed by atoms with Crippen LogP contribution in [0.4, 0.5) is 4.39 Å². The molecular formula is C15H22FNO3S. The number of halogens is 1. The van der Waals surface area contributed by atoms with Crippen LogP contribution in [0.25, 0.3) is 0 Å². The predicted molar refractivity (Wildman–Crippen MR) is 78.7 cm³/mol. The number of sulfonamides is 1. The van der Waals surface area contributed by atoms with E-state index in [1.54, 1.807) is 0 Å². The Balaban J connectivity index is 2.32. The van der Waals surface area contributed by atoms with E-state index in [0.29, 0.717) is 11.5 Å². The molecule has 0 heterocycles. The Morgan fingerprint density at radius 2 is 2.10 bits per heavy atom. The molecule has 0 amide bonds. The van der Waals surface area contributed by atoms with Crippen LogP contribution < -0.4 is 0 Å². The Morgan fingerprint density at radius 3 is 2.71 bits per heavy atom. The molecule has 2 atom stereocenters. The topological polar surface area (TPSA) is 57.6 Å². The number of aliphatic hydroxyl groups is 1. The van der Waals surface area contributed by atoms with E-state index in [9.17, 15) is 12.8 Å². The summed E-state index contributed by atoms with van der Waals surface area (Å²) in [6.07, 6.45) is 3.71. The first-order valence-electron chi connectivity index (χ1n) is 7.23. The van der Waals surface area contributed by atoms with Crippen LogP contribution in [-0.4, -0.2) is 30.9 Å². The predicted octanol–water partition coefficient (Wildman–Crippen LogP) is 2.52. The third-order valence-corrected chi connectivity index (χ3v) is 6.18. The number of rotatable bonds is 4. The summed E-state index contributed by atoms with van der Waals surface area (Å²) in [6.45, 7) is 1.80. The van der Waals surface area contributed by atoms with Crippen LogP contribution in [0.15, 0.2) is 23.1 Å². The van der Waals surface area contributed by atoms with E-state index < -0.39 is 15.8 Å². The van der Waals surface area contributed by atoms with Gasteiger partial charge in [-0.3, -0.25) is 0 Å². The Labute approximate surface area is 125 Å². The maximum atomic E-state index is 13.9. The lowest BCUT2D eigenvalue weighted by molar-refractivity contribution is 0.238. The van der Waals surface area contributed by atoms with Crippen molar-refractivity contribution in [3.05, 3.63) is 29.6 Å². The molecule has 2 rings (SSSR count). The standard InChI is InChI=1S/C15H22FNO3S/c1-11-4-3-5-13(8-11)17(2)21(19,20)15-9-12(10-18)6-7-14(15)16/h6-7,9,11,13,18H,3-5,8,10H2,1-2H3. The van der Waals surface area contributed by atoms with Crippen molar-refractivity contribution < 1.29 is 17.9 Å². The molecule has 1 aromatic carbocycles. The Kier molecular flexibility index (Phi) is 5.01. The molecule has 0 aliphatic heterocycles. The highest BCUT2D eigenvalue weighted by atomic mass is 32.2. The van der Waals surface area contributed by atoms with Crippen molar-refractivity contribution in [3.63, 3.8) is 0 Å². The maximum absolute atomic E-state index is 13.9. The van der Waals surface area contributed by atoms with Gasteiger partial charge in [0.05, 0.1) is 6.61 Å². The van der Waals surface area contributed by atoms with Crippen molar-refractivity contribution in [2.45, 2.75) is 50.2 Å². The van der Waals surface area contributed by atoms with Gasteiger partial charge in [-0.25, -0.2) is 12.8 Å². The van der Waals surface area contributed by atoms with Gasteiger partial charge in [0, 0.05) is 13.1 Å². The minimum absolute atomic E-state index is 0.0871. The van der Waals surface area contributed by atoms with Crippen LogP contribution in [0.3, 0.4) is 0 Å². The zero-order chi connectivity index (χ0) is 15.6. The number of hydrogen-bond donors (Lipinski definition) is 1. The normalized spacial score (nSPS) is 23.5. The highest BCUT2D eigenvalue weighted by Crippen LogP contribution is 2.30. The lowest BCUT2D eigenvalue weighted by atomic mass is 9.87. The van der Waals surface area contributed by atoms with Gasteiger partial charge in [0.1, 0.15) is 10.7 Å². The van der Waals surface area contributed by atoms with Crippen LogP contribution in [0, 0.1) is 11.7 Å². The van der Waals surface area contributed by atoms with E-state index in [1.807, 2.05) is 0 Å². The molecule has 1 N–H and O–H groups in total. The summed E-state index contributed by atoms with van der Waals surface area (Å²) in [5.74, 6) is -0.294. The van der Waals surface area contributed by atoms with Crippen LogP contribution in [0.2, 0.25) is 0 Å². The van der Waals surface area contributed by atoms with Crippen molar-refractivity contribution in [1.29, 1.82) is 0 Å². The highest BCUT2D eigenvalue weighted by Gasteiger charge is 2.32. The van der Waals surface area contributed by atoms with E-state index in [2.05, 4.69) is 6.92 Å². The molecule has 1 saturated carbocycles. The summed E-state index contributed by atoms with van der Waals surface area (Å²) < 4.78 is 40.5. The Morgan fingerprint density at radius 1 is 1.38 bits per heavy atom. The average Bonchev–Trinajstić information content (AvgIpc) is 2.46. The molecule has 118 valence electrons. The number of aliphatic hydroxyl groups excluding tert-OH is 1. The molecule has 0 saturated heterocycles. The van der Waals surface area contributed by atoms with Gasteiger partial charge in [-0.05, 0) is 36.5 Å². The average molecular weight is 315 g/mol. The fourth-order valence-electron chi connectivity index (χ4n) is 2.93. The second-order valence-electron chi connectivity index (χ2n) is 5.87. The van der Waals surface area contributed by atoms with Gasteiger partial charge in [0.2, 0.25) is 10.0 Å². The van der Waals surface area contributed by atoms with E-state index >= 15 is 0 Å². The summed E-state index contributed by atoms with van der Waals surface area (Å²) in [4.78, 5) is -0.352. The van der Waals surface area contributed by atoms with Gasteiger partial charge in [0.25, 0.3) is 0 Å². The monoisotopic (exact) mass is 315 g/mol. The summed E-state index contributed by atoms with van der Waals surface area (Å²) in [7, 11) is -2.36. The van der Waals surface area contributed by atoms with E-state index in [0.717, 1.165) is 31.7 Å². The van der Waals surface area contributed by atoms with Crippen LogP contribution in [0.5, 0.6) is 0 Å². The van der Waals surface area contributed by atoms with Crippen molar-refractivity contribution in [2.24, 2.45) is 5.92 Å². The van der Waals surface area contributed by atoms with Crippen molar-refractivity contribution in [3.8, 4) is 0 Å². The van der Waals surface area contributed by atoms with Gasteiger partial charge in [-0.2, -0.15) is 4.31 Å². The first-order chi connectivity index (χ1) is 9.86.